The molecule has 0 radical (unpaired) electrons. The maximum Gasteiger partial charge on any atom is 0.194 e. The first-order valence-electron chi connectivity index (χ1n) is 9.10. The minimum Gasteiger partial charge on any atom is -0.367 e. The Morgan fingerprint density at radius 1 is 1.26 bits per heavy atom. The molecular formula is C20H24F2N4O. The number of benzene rings is 1. The lowest BCUT2D eigenvalue weighted by Crippen LogP contribution is -2.50. The highest BCUT2D eigenvalue weighted by Gasteiger charge is 2.28. The van der Waals surface area contributed by atoms with Crippen molar-refractivity contribution in [1.29, 1.82) is 0 Å². The molecule has 1 saturated heterocycles. The summed E-state index contributed by atoms with van der Waals surface area (Å²) in [7, 11) is 0. The van der Waals surface area contributed by atoms with Crippen molar-refractivity contribution in [2.24, 2.45) is 4.99 Å². The smallest absolute Gasteiger partial charge is 0.194 e. The Balaban J connectivity index is 1.78. The van der Waals surface area contributed by atoms with Crippen LogP contribution >= 0.6 is 0 Å². The monoisotopic (exact) mass is 374 g/mol. The van der Waals surface area contributed by atoms with Crippen LogP contribution in [0.2, 0.25) is 0 Å². The van der Waals surface area contributed by atoms with Crippen molar-refractivity contribution in [2.75, 3.05) is 19.6 Å². The first-order chi connectivity index (χ1) is 13.1. The van der Waals surface area contributed by atoms with E-state index in [4.69, 9.17) is 4.74 Å². The number of aromatic nitrogens is 1. The summed E-state index contributed by atoms with van der Waals surface area (Å²) in [5, 5.41) is 3.25. The fourth-order valence-corrected chi connectivity index (χ4v) is 3.10. The molecule has 0 saturated carbocycles. The van der Waals surface area contributed by atoms with E-state index >= 15 is 0 Å². The number of hydrogen-bond acceptors (Lipinski definition) is 3. The van der Waals surface area contributed by atoms with Gasteiger partial charge in [-0.15, -0.1) is 0 Å². The van der Waals surface area contributed by atoms with Crippen molar-refractivity contribution in [2.45, 2.75) is 32.6 Å². The van der Waals surface area contributed by atoms with E-state index in [0.29, 0.717) is 31.3 Å². The van der Waals surface area contributed by atoms with Crippen LogP contribution in [-0.4, -0.2) is 41.6 Å². The summed E-state index contributed by atoms with van der Waals surface area (Å²) in [6.45, 7) is 6.06. The Hall–Kier alpha value is -2.54. The predicted octanol–water partition coefficient (Wildman–Crippen LogP) is 3.29. The van der Waals surface area contributed by atoms with E-state index in [2.05, 4.69) is 20.2 Å². The van der Waals surface area contributed by atoms with E-state index in [-0.39, 0.29) is 30.4 Å². The predicted molar refractivity (Wildman–Crippen MR) is 100 cm³/mol. The van der Waals surface area contributed by atoms with Crippen molar-refractivity contribution >= 4 is 5.96 Å². The number of nitrogens with zero attached hydrogens (tertiary/aromatic N) is 3. The standard InChI is InChI=1S/C20H24F2N4O/c1-3-23-20(25-11-18-17(22)5-4-10-24-18)26-12-14(2)27-19(13-26)15-6-8-16(21)9-7-15/h4-10,14,19H,3,11-13H2,1-2H3,(H,23,25). The van der Waals surface area contributed by atoms with Gasteiger partial charge >= 0.3 is 0 Å². The van der Waals surface area contributed by atoms with Crippen LogP contribution in [0.25, 0.3) is 0 Å². The number of ether oxygens (including phenoxy) is 1. The molecule has 144 valence electrons. The van der Waals surface area contributed by atoms with Crippen LogP contribution < -0.4 is 5.32 Å². The molecule has 0 amide bonds. The average molecular weight is 374 g/mol. The van der Waals surface area contributed by atoms with E-state index < -0.39 is 0 Å². The largest absolute Gasteiger partial charge is 0.367 e. The molecule has 2 unspecified atom stereocenters. The Kier molecular flexibility index (Phi) is 6.34. The first kappa shape index (κ1) is 19.2. The van der Waals surface area contributed by atoms with Gasteiger partial charge in [-0.05, 0) is 43.7 Å². The number of nitrogens with one attached hydrogen (secondary N) is 1. The fraction of sp³-hybridized carbons (Fsp3) is 0.400. The fourth-order valence-electron chi connectivity index (χ4n) is 3.10. The van der Waals surface area contributed by atoms with Crippen molar-refractivity contribution in [3.8, 4) is 0 Å². The van der Waals surface area contributed by atoms with Gasteiger partial charge in [0.2, 0.25) is 0 Å². The number of pyridine rings is 1. The molecule has 2 heterocycles. The summed E-state index contributed by atoms with van der Waals surface area (Å²) < 4.78 is 33.1. The molecule has 1 aliphatic rings. The summed E-state index contributed by atoms with van der Waals surface area (Å²) in [5.74, 6) is 0.0493. The lowest BCUT2D eigenvalue weighted by atomic mass is 10.1. The van der Waals surface area contributed by atoms with Crippen LogP contribution in [0.15, 0.2) is 47.6 Å². The Morgan fingerprint density at radius 2 is 2.04 bits per heavy atom. The van der Waals surface area contributed by atoms with Gasteiger partial charge < -0.3 is 15.0 Å². The molecule has 27 heavy (non-hydrogen) atoms. The zero-order valence-corrected chi connectivity index (χ0v) is 15.5. The van der Waals surface area contributed by atoms with Crippen molar-refractivity contribution in [1.82, 2.24) is 15.2 Å². The highest BCUT2D eigenvalue weighted by atomic mass is 19.1. The number of guanidine groups is 1. The zero-order chi connectivity index (χ0) is 19.2. The third-order valence-corrected chi connectivity index (χ3v) is 4.35. The zero-order valence-electron chi connectivity index (χ0n) is 15.5. The SMILES string of the molecule is CCNC(=NCc1ncccc1F)N1CC(C)OC(c2ccc(F)cc2)C1. The molecule has 0 aliphatic carbocycles. The van der Waals surface area contributed by atoms with Crippen molar-refractivity contribution < 1.29 is 13.5 Å². The lowest BCUT2D eigenvalue weighted by molar-refractivity contribution is -0.0605. The molecule has 7 heteroatoms. The number of hydrogen-bond donors (Lipinski definition) is 1. The average Bonchev–Trinajstić information content (AvgIpc) is 2.66. The summed E-state index contributed by atoms with van der Waals surface area (Å²) in [6, 6.07) is 9.29. The van der Waals surface area contributed by atoms with E-state index in [1.54, 1.807) is 24.4 Å². The molecule has 1 aromatic carbocycles. The van der Waals surface area contributed by atoms with Gasteiger partial charge in [-0.25, -0.2) is 13.8 Å². The highest BCUT2D eigenvalue weighted by Crippen LogP contribution is 2.25. The molecule has 1 aliphatic heterocycles. The maximum atomic E-state index is 13.8. The third-order valence-electron chi connectivity index (χ3n) is 4.35. The molecule has 0 bridgehead atoms. The molecule has 1 fully saturated rings. The summed E-state index contributed by atoms with van der Waals surface area (Å²) >= 11 is 0. The van der Waals surface area contributed by atoms with Crippen LogP contribution in [0.4, 0.5) is 8.78 Å². The second kappa shape index (κ2) is 8.90. The van der Waals surface area contributed by atoms with Gasteiger partial charge in [-0.2, -0.15) is 0 Å². The molecular weight excluding hydrogens is 350 g/mol. The number of morpholine rings is 1. The van der Waals surface area contributed by atoms with E-state index in [9.17, 15) is 8.78 Å². The Labute approximate surface area is 158 Å². The van der Waals surface area contributed by atoms with Crippen LogP contribution in [0.1, 0.15) is 31.2 Å². The van der Waals surface area contributed by atoms with E-state index in [0.717, 1.165) is 5.56 Å². The van der Waals surface area contributed by atoms with Gasteiger partial charge in [-0.1, -0.05) is 12.1 Å². The first-order valence-corrected chi connectivity index (χ1v) is 9.10. The summed E-state index contributed by atoms with van der Waals surface area (Å²) in [5.41, 5.74) is 1.23. The van der Waals surface area contributed by atoms with Gasteiger partial charge in [0.1, 0.15) is 17.7 Å². The molecule has 0 spiro atoms. The Morgan fingerprint density at radius 3 is 2.74 bits per heavy atom. The van der Waals surface area contributed by atoms with Gasteiger partial charge in [0.05, 0.1) is 24.9 Å². The van der Waals surface area contributed by atoms with Crippen LogP contribution in [-0.2, 0) is 11.3 Å². The second-order valence-corrected chi connectivity index (χ2v) is 6.49. The van der Waals surface area contributed by atoms with Gasteiger partial charge in [0.15, 0.2) is 5.96 Å². The molecule has 2 atom stereocenters. The Bertz CT molecular complexity index is 782. The van der Waals surface area contributed by atoms with Gasteiger partial charge in [0.25, 0.3) is 0 Å². The topological polar surface area (TPSA) is 49.8 Å². The second-order valence-electron chi connectivity index (χ2n) is 6.49. The quantitative estimate of drug-likeness (QED) is 0.659. The molecule has 3 rings (SSSR count). The molecule has 1 aromatic heterocycles. The van der Waals surface area contributed by atoms with Crippen LogP contribution in [0, 0.1) is 11.6 Å². The number of rotatable bonds is 4. The minimum atomic E-state index is -0.364. The van der Waals surface area contributed by atoms with Gasteiger partial charge in [0, 0.05) is 19.3 Å². The minimum absolute atomic E-state index is 0.0238. The molecule has 5 nitrogen and oxygen atoms in total. The maximum absolute atomic E-state index is 13.8. The van der Waals surface area contributed by atoms with Crippen molar-refractivity contribution in [3.05, 3.63) is 65.5 Å². The molecule has 1 N–H and O–H groups in total. The summed E-state index contributed by atoms with van der Waals surface area (Å²) in [4.78, 5) is 10.7. The molecule has 2 aromatic rings. The van der Waals surface area contributed by atoms with Crippen LogP contribution in [0.5, 0.6) is 0 Å². The summed E-state index contributed by atoms with van der Waals surface area (Å²) in [6.07, 6.45) is 1.34. The van der Waals surface area contributed by atoms with Crippen LogP contribution in [0.3, 0.4) is 0 Å². The van der Waals surface area contributed by atoms with E-state index in [1.165, 1.54) is 18.2 Å². The van der Waals surface area contributed by atoms with Gasteiger partial charge in [-0.3, -0.25) is 4.98 Å². The highest BCUT2D eigenvalue weighted by molar-refractivity contribution is 5.80. The van der Waals surface area contributed by atoms with Crippen molar-refractivity contribution in [3.63, 3.8) is 0 Å². The van der Waals surface area contributed by atoms with E-state index in [1.807, 2.05) is 13.8 Å². The third kappa shape index (κ3) is 5.01. The number of aliphatic imine (C=N–C) groups is 1. The normalized spacial score (nSPS) is 20.6. The number of halogens is 2. The lowest BCUT2D eigenvalue weighted by Gasteiger charge is -2.38.